The third-order valence-electron chi connectivity index (χ3n) is 5.93. The number of halogens is 1. The number of carbonyl (C=O) groups is 1. The average Bonchev–Trinajstić information content (AvgIpc) is 3.03. The van der Waals surface area contributed by atoms with Crippen LogP contribution in [0, 0.1) is 5.92 Å². The van der Waals surface area contributed by atoms with Crippen LogP contribution in [0.25, 0.3) is 0 Å². The second kappa shape index (κ2) is 7.54. The number of benzene rings is 1. The molecule has 0 bridgehead atoms. The molecule has 2 saturated heterocycles. The molecule has 5 atom stereocenters. The van der Waals surface area contributed by atoms with Crippen molar-refractivity contribution in [3.8, 4) is 0 Å². The summed E-state index contributed by atoms with van der Waals surface area (Å²) in [6.07, 6.45) is 1.46. The van der Waals surface area contributed by atoms with Gasteiger partial charge in [0.25, 0.3) is 0 Å². The number of fused-ring (bicyclic) bond motifs is 1. The highest BCUT2D eigenvalue weighted by molar-refractivity contribution is 7.80. The second-order valence-corrected chi connectivity index (χ2v) is 8.42. The van der Waals surface area contributed by atoms with Crippen LogP contribution in [0.5, 0.6) is 0 Å². The molecule has 1 aliphatic carbocycles. The summed E-state index contributed by atoms with van der Waals surface area (Å²) in [5.74, 6) is -0.392. The van der Waals surface area contributed by atoms with E-state index in [-0.39, 0.29) is 18.4 Å². The molecular formula is C19H24ClN3O3S. The van der Waals surface area contributed by atoms with E-state index in [4.69, 9.17) is 23.8 Å². The van der Waals surface area contributed by atoms with Crippen LogP contribution < -0.4 is 10.2 Å². The summed E-state index contributed by atoms with van der Waals surface area (Å²) < 4.78 is 0. The van der Waals surface area contributed by atoms with Gasteiger partial charge in [-0.15, -0.1) is 0 Å². The lowest BCUT2D eigenvalue weighted by atomic mass is 9.76. The number of nitrogens with zero attached hydrogens (tertiary/aromatic N) is 2. The minimum absolute atomic E-state index is 0.0427. The zero-order valence-corrected chi connectivity index (χ0v) is 16.5. The van der Waals surface area contributed by atoms with Gasteiger partial charge in [0.15, 0.2) is 5.11 Å². The monoisotopic (exact) mass is 409 g/mol. The molecule has 0 aromatic heterocycles. The highest BCUT2D eigenvalue weighted by Crippen LogP contribution is 2.38. The molecule has 1 aromatic rings. The zero-order valence-electron chi connectivity index (χ0n) is 14.9. The Hall–Kier alpha value is -1.41. The molecule has 0 spiro atoms. The largest absolute Gasteiger partial charge is 0.390 e. The Kier molecular flexibility index (Phi) is 5.29. The van der Waals surface area contributed by atoms with Crippen LogP contribution in [-0.2, 0) is 4.79 Å². The SMILES string of the molecule is O=C([C@@H]1C[C@@H](O)[C@H](O)[C@@H]2NC(=S)N(c3ccc(Cl)cc3)[C@H]21)N1CCCCC1. The van der Waals surface area contributed by atoms with Gasteiger partial charge in [0.2, 0.25) is 5.91 Å². The number of rotatable bonds is 2. The molecular weight excluding hydrogens is 386 g/mol. The molecule has 3 aliphatic rings. The van der Waals surface area contributed by atoms with Crippen molar-refractivity contribution in [2.24, 2.45) is 5.92 Å². The predicted molar refractivity (Wildman–Crippen MR) is 108 cm³/mol. The summed E-state index contributed by atoms with van der Waals surface area (Å²) >= 11 is 11.5. The van der Waals surface area contributed by atoms with Crippen molar-refractivity contribution in [1.82, 2.24) is 10.2 Å². The number of hydrogen-bond acceptors (Lipinski definition) is 4. The highest BCUT2D eigenvalue weighted by atomic mass is 35.5. The van der Waals surface area contributed by atoms with E-state index in [0.717, 1.165) is 38.0 Å². The van der Waals surface area contributed by atoms with Gasteiger partial charge in [-0.2, -0.15) is 0 Å². The van der Waals surface area contributed by atoms with Crippen LogP contribution in [0.4, 0.5) is 5.69 Å². The molecule has 3 fully saturated rings. The molecule has 0 radical (unpaired) electrons. The van der Waals surface area contributed by atoms with Crippen LogP contribution >= 0.6 is 23.8 Å². The van der Waals surface area contributed by atoms with E-state index in [9.17, 15) is 15.0 Å². The predicted octanol–water partition coefficient (Wildman–Crippen LogP) is 1.53. The van der Waals surface area contributed by atoms with Gasteiger partial charge in [-0.3, -0.25) is 4.79 Å². The van der Waals surface area contributed by atoms with Gasteiger partial charge in [-0.1, -0.05) is 11.6 Å². The molecule has 1 saturated carbocycles. The molecule has 27 heavy (non-hydrogen) atoms. The Morgan fingerprint density at radius 1 is 1.15 bits per heavy atom. The summed E-state index contributed by atoms with van der Waals surface area (Å²) in [5.41, 5.74) is 0.824. The smallest absolute Gasteiger partial charge is 0.227 e. The zero-order chi connectivity index (χ0) is 19.1. The number of nitrogens with one attached hydrogen (secondary N) is 1. The number of thiocarbonyl (C=S) groups is 1. The number of anilines is 1. The number of likely N-dealkylation sites (tertiary alicyclic amines) is 1. The van der Waals surface area contributed by atoms with Crippen molar-refractivity contribution in [2.45, 2.75) is 50.0 Å². The van der Waals surface area contributed by atoms with Crippen molar-refractivity contribution >= 4 is 40.5 Å². The molecule has 4 rings (SSSR count). The fraction of sp³-hybridized carbons (Fsp3) is 0.579. The fourth-order valence-electron chi connectivity index (χ4n) is 4.58. The molecule has 3 N–H and O–H groups in total. The lowest BCUT2D eigenvalue weighted by molar-refractivity contribution is -0.142. The second-order valence-electron chi connectivity index (χ2n) is 7.60. The van der Waals surface area contributed by atoms with E-state index in [1.165, 1.54) is 0 Å². The first-order chi connectivity index (χ1) is 13.0. The fourth-order valence-corrected chi connectivity index (χ4v) is 5.07. The molecule has 1 aromatic carbocycles. The van der Waals surface area contributed by atoms with Crippen LogP contribution in [0.3, 0.4) is 0 Å². The average molecular weight is 410 g/mol. The third-order valence-corrected chi connectivity index (χ3v) is 6.50. The highest BCUT2D eigenvalue weighted by Gasteiger charge is 2.54. The van der Waals surface area contributed by atoms with Gasteiger partial charge in [-0.05, 0) is 62.2 Å². The Morgan fingerprint density at radius 3 is 2.48 bits per heavy atom. The molecule has 2 aliphatic heterocycles. The van der Waals surface area contributed by atoms with E-state index in [2.05, 4.69) is 5.32 Å². The summed E-state index contributed by atoms with van der Waals surface area (Å²) in [6.45, 7) is 1.51. The third kappa shape index (κ3) is 3.42. The van der Waals surface area contributed by atoms with E-state index in [0.29, 0.717) is 10.1 Å². The first kappa shape index (κ1) is 18.9. The standard InChI is InChI=1S/C19H24ClN3O3S/c20-11-4-6-12(7-5-11)23-16-13(18(26)22-8-2-1-3-9-22)10-14(24)17(25)15(16)21-19(23)27/h4-7,13-17,24-25H,1-3,8-10H2,(H,21,27)/t13-,14-,15-,16+,17+/m1/s1. The maximum absolute atomic E-state index is 13.3. The van der Waals surface area contributed by atoms with Crippen molar-refractivity contribution in [2.75, 3.05) is 18.0 Å². The number of aliphatic hydroxyl groups excluding tert-OH is 2. The Balaban J connectivity index is 1.68. The van der Waals surface area contributed by atoms with Crippen molar-refractivity contribution in [3.05, 3.63) is 29.3 Å². The molecule has 8 heteroatoms. The molecule has 146 valence electrons. The van der Waals surface area contributed by atoms with Gasteiger partial charge in [-0.25, -0.2) is 0 Å². The number of aliphatic hydroxyl groups is 2. The molecule has 6 nitrogen and oxygen atoms in total. The minimum Gasteiger partial charge on any atom is -0.390 e. The van der Waals surface area contributed by atoms with Crippen LogP contribution in [0.2, 0.25) is 5.02 Å². The first-order valence-electron chi connectivity index (χ1n) is 9.47. The Morgan fingerprint density at radius 2 is 1.81 bits per heavy atom. The number of piperidine rings is 1. The van der Waals surface area contributed by atoms with E-state index in [1.807, 2.05) is 21.9 Å². The first-order valence-corrected chi connectivity index (χ1v) is 10.3. The summed E-state index contributed by atoms with van der Waals surface area (Å²) in [7, 11) is 0. The lowest BCUT2D eigenvalue weighted by Gasteiger charge is -2.43. The Labute approximate surface area is 169 Å². The maximum atomic E-state index is 13.3. The Bertz CT molecular complexity index is 725. The van der Waals surface area contributed by atoms with Crippen molar-refractivity contribution < 1.29 is 15.0 Å². The number of amides is 1. The van der Waals surface area contributed by atoms with Crippen molar-refractivity contribution in [1.29, 1.82) is 0 Å². The van der Waals surface area contributed by atoms with Gasteiger partial charge in [0.1, 0.15) is 6.10 Å². The van der Waals surface area contributed by atoms with Crippen LogP contribution in [0.1, 0.15) is 25.7 Å². The van der Waals surface area contributed by atoms with Gasteiger partial charge < -0.3 is 25.3 Å². The van der Waals surface area contributed by atoms with Crippen LogP contribution in [-0.4, -0.2) is 63.5 Å². The summed E-state index contributed by atoms with van der Waals surface area (Å²) in [6, 6.07) is 6.45. The summed E-state index contributed by atoms with van der Waals surface area (Å²) in [4.78, 5) is 17.1. The number of hydrogen-bond donors (Lipinski definition) is 3. The molecule has 1 amide bonds. The topological polar surface area (TPSA) is 76.0 Å². The van der Waals surface area contributed by atoms with E-state index < -0.39 is 24.2 Å². The van der Waals surface area contributed by atoms with E-state index >= 15 is 0 Å². The van der Waals surface area contributed by atoms with Gasteiger partial charge in [0, 0.05) is 23.8 Å². The normalized spacial score (nSPS) is 33.6. The quantitative estimate of drug-likeness (QED) is 0.643. The number of carbonyl (C=O) groups excluding carboxylic acids is 1. The lowest BCUT2D eigenvalue weighted by Crippen LogP contribution is -2.61. The van der Waals surface area contributed by atoms with Crippen molar-refractivity contribution in [3.63, 3.8) is 0 Å². The van der Waals surface area contributed by atoms with Gasteiger partial charge >= 0.3 is 0 Å². The molecule has 2 heterocycles. The van der Waals surface area contributed by atoms with Gasteiger partial charge in [0.05, 0.1) is 24.1 Å². The minimum atomic E-state index is -0.976. The van der Waals surface area contributed by atoms with Crippen LogP contribution in [0.15, 0.2) is 24.3 Å². The van der Waals surface area contributed by atoms with E-state index in [1.54, 1.807) is 12.1 Å². The maximum Gasteiger partial charge on any atom is 0.227 e. The molecule has 0 unspecified atom stereocenters. The summed E-state index contributed by atoms with van der Waals surface area (Å²) in [5, 5.41) is 25.1.